The fourth-order valence-electron chi connectivity index (χ4n) is 9.66. The molecule has 15 nitrogen and oxygen atoms in total. The molecule has 65 heavy (non-hydrogen) atoms. The number of likely N-dealkylation sites (tertiary alicyclic amines) is 2. The van der Waals surface area contributed by atoms with Gasteiger partial charge >= 0.3 is 12.2 Å². The minimum atomic E-state index is -0.965. The molecule has 9 rings (SSSR count). The highest BCUT2D eigenvalue weighted by Crippen LogP contribution is 2.36. The summed E-state index contributed by atoms with van der Waals surface area (Å²) in [7, 11) is 1.28. The molecule has 2 aliphatic heterocycles. The van der Waals surface area contributed by atoms with E-state index in [0.717, 1.165) is 71.7 Å². The number of imidazole rings is 1. The van der Waals surface area contributed by atoms with Crippen LogP contribution >= 0.6 is 0 Å². The van der Waals surface area contributed by atoms with Crippen LogP contribution in [0.15, 0.2) is 95.9 Å². The smallest absolute Gasteiger partial charge is 0.408 e. The summed E-state index contributed by atoms with van der Waals surface area (Å²) in [6.45, 7) is 4.81. The Hall–Kier alpha value is -7.03. The molecule has 4 atom stereocenters. The number of hydrogen-bond acceptors (Lipinski definition) is 9. The van der Waals surface area contributed by atoms with Crippen LogP contribution in [0, 0.1) is 5.92 Å². The van der Waals surface area contributed by atoms with Gasteiger partial charge in [0.25, 0.3) is 11.5 Å². The SMILES string of the molecule is COC(=O)N[C@H](C(=O)N1CCC[C@H]1c1ncc(-c2ccc3cc(-c4ccc5c(=O)[nH]c([C@@H]6CCCN6C(=O)[C@H](NC(=O)OC6CCCC6)c6ccccc6)nc5c4)ccc3c2)[nH]1)C(C)C. The molecule has 336 valence electrons. The van der Waals surface area contributed by atoms with Crippen molar-refractivity contribution < 1.29 is 28.7 Å². The monoisotopic (exact) mass is 878 g/mol. The first kappa shape index (κ1) is 43.2. The zero-order valence-electron chi connectivity index (χ0n) is 36.8. The number of amides is 4. The maximum absolute atomic E-state index is 14.4. The van der Waals surface area contributed by atoms with Crippen LogP contribution in [0.3, 0.4) is 0 Å². The molecule has 3 aliphatic rings. The normalized spacial score (nSPS) is 18.6. The van der Waals surface area contributed by atoms with Crippen LogP contribution in [-0.4, -0.2) is 86.1 Å². The van der Waals surface area contributed by atoms with Gasteiger partial charge in [0.15, 0.2) is 0 Å². The molecular weight excluding hydrogens is 825 g/mol. The van der Waals surface area contributed by atoms with Crippen LogP contribution in [0.25, 0.3) is 44.1 Å². The van der Waals surface area contributed by atoms with E-state index in [2.05, 4.69) is 44.9 Å². The average Bonchev–Trinajstić information content (AvgIpc) is 4.18. The van der Waals surface area contributed by atoms with Crippen LogP contribution in [0.1, 0.15) is 101 Å². The molecule has 4 heterocycles. The van der Waals surface area contributed by atoms with Gasteiger partial charge in [-0.2, -0.15) is 0 Å². The first-order chi connectivity index (χ1) is 31.5. The summed E-state index contributed by atoms with van der Waals surface area (Å²) in [5.41, 5.74) is 4.49. The Morgan fingerprint density at radius 3 is 2.06 bits per heavy atom. The van der Waals surface area contributed by atoms with E-state index < -0.39 is 30.3 Å². The molecule has 4 N–H and O–H groups in total. The number of hydrogen-bond donors (Lipinski definition) is 4. The Bertz CT molecular complexity index is 2800. The van der Waals surface area contributed by atoms with E-state index in [1.165, 1.54) is 7.11 Å². The van der Waals surface area contributed by atoms with E-state index in [1.54, 1.807) is 22.1 Å². The fourth-order valence-corrected chi connectivity index (χ4v) is 9.66. The predicted molar refractivity (Wildman–Crippen MR) is 245 cm³/mol. The number of ether oxygens (including phenoxy) is 2. The second-order valence-corrected chi connectivity index (χ2v) is 17.7. The molecule has 2 saturated heterocycles. The highest BCUT2D eigenvalue weighted by Gasteiger charge is 2.39. The van der Waals surface area contributed by atoms with Crippen LogP contribution in [0.4, 0.5) is 9.59 Å². The molecule has 3 fully saturated rings. The summed E-state index contributed by atoms with van der Waals surface area (Å²) in [5, 5.41) is 8.04. The van der Waals surface area contributed by atoms with Crippen LogP contribution in [0.2, 0.25) is 0 Å². The third kappa shape index (κ3) is 9.04. The number of carbonyl (C=O) groups is 4. The number of aromatic nitrogens is 4. The predicted octanol–water partition coefficient (Wildman–Crippen LogP) is 8.25. The van der Waals surface area contributed by atoms with E-state index in [1.807, 2.05) is 68.4 Å². The third-order valence-corrected chi connectivity index (χ3v) is 13.1. The molecule has 0 radical (unpaired) electrons. The lowest BCUT2D eigenvalue weighted by atomic mass is 9.98. The van der Waals surface area contributed by atoms with Crippen molar-refractivity contribution in [3.63, 3.8) is 0 Å². The topological polar surface area (TPSA) is 192 Å². The minimum Gasteiger partial charge on any atom is -0.453 e. The second-order valence-electron chi connectivity index (χ2n) is 17.7. The fraction of sp³-hybridized carbons (Fsp3) is 0.380. The number of rotatable bonds is 11. The van der Waals surface area contributed by atoms with Gasteiger partial charge in [-0.1, -0.05) is 74.5 Å². The summed E-state index contributed by atoms with van der Waals surface area (Å²) in [5.74, 6) is 0.533. The van der Waals surface area contributed by atoms with Gasteiger partial charge in [0.2, 0.25) is 5.91 Å². The molecule has 1 aliphatic carbocycles. The molecule has 1 saturated carbocycles. The summed E-state index contributed by atoms with van der Waals surface area (Å²) in [4.78, 5) is 86.3. The molecule has 0 bridgehead atoms. The van der Waals surface area contributed by atoms with E-state index >= 15 is 0 Å². The molecule has 0 unspecified atom stereocenters. The summed E-state index contributed by atoms with van der Waals surface area (Å²) >= 11 is 0. The van der Waals surface area contributed by atoms with Crippen LogP contribution < -0.4 is 16.2 Å². The summed E-state index contributed by atoms with van der Waals surface area (Å²) in [6, 6.07) is 24.8. The molecule has 4 aromatic carbocycles. The van der Waals surface area contributed by atoms with Gasteiger partial charge in [0.05, 0.1) is 42.0 Å². The van der Waals surface area contributed by atoms with Crippen molar-refractivity contribution in [2.45, 2.75) is 95.5 Å². The molecule has 2 aromatic heterocycles. The first-order valence-electron chi connectivity index (χ1n) is 22.7. The average molecular weight is 879 g/mol. The lowest BCUT2D eigenvalue weighted by Crippen LogP contribution is -2.51. The van der Waals surface area contributed by atoms with E-state index in [0.29, 0.717) is 54.0 Å². The quantitative estimate of drug-likeness (QED) is 0.0993. The van der Waals surface area contributed by atoms with Gasteiger partial charge in [-0.3, -0.25) is 14.4 Å². The molecular formula is C50H54N8O7. The zero-order valence-corrected chi connectivity index (χ0v) is 36.8. The number of nitrogens with one attached hydrogen (secondary N) is 4. The number of nitrogens with zero attached hydrogens (tertiary/aromatic N) is 4. The van der Waals surface area contributed by atoms with Gasteiger partial charge in [-0.15, -0.1) is 0 Å². The number of H-pyrrole nitrogens is 2. The standard InChI is InChI=1S/C50H54N8O7/c1-29(2)42(54-49(62)64-3)47(60)57-23-9-15-40(57)44-51-28-39(53-44)35-20-19-31-25-32(17-18-33(31)26-35)34-21-22-37-38(27-34)52-45(56-46(37)59)41-16-10-24-58(41)48(61)43(30-11-5-4-6-12-30)55-50(63)65-36-13-7-8-14-36/h4-6,11-12,17-22,25-29,36,40-43H,7-10,13-16,23-24H2,1-3H3,(H,51,53)(H,54,62)(H,55,63)(H,52,56,59)/t40-,41-,42-,43+/m0/s1. The Morgan fingerprint density at radius 1 is 0.708 bits per heavy atom. The van der Waals surface area contributed by atoms with Gasteiger partial charge in [-0.25, -0.2) is 19.6 Å². The highest BCUT2D eigenvalue weighted by atomic mass is 16.6. The van der Waals surface area contributed by atoms with Crippen molar-refractivity contribution in [1.29, 1.82) is 0 Å². The maximum atomic E-state index is 14.4. The summed E-state index contributed by atoms with van der Waals surface area (Å²) in [6.07, 6.45) is 6.95. The van der Waals surface area contributed by atoms with Crippen LogP contribution in [0.5, 0.6) is 0 Å². The van der Waals surface area contributed by atoms with Crippen molar-refractivity contribution in [1.82, 2.24) is 40.4 Å². The Morgan fingerprint density at radius 2 is 1.35 bits per heavy atom. The van der Waals surface area contributed by atoms with Gasteiger partial charge < -0.3 is 39.9 Å². The van der Waals surface area contributed by atoms with Crippen molar-refractivity contribution in [2.24, 2.45) is 5.92 Å². The van der Waals surface area contributed by atoms with Crippen molar-refractivity contribution >= 4 is 45.7 Å². The second kappa shape index (κ2) is 18.6. The van der Waals surface area contributed by atoms with E-state index in [9.17, 15) is 24.0 Å². The molecule has 0 spiro atoms. The van der Waals surface area contributed by atoms with Gasteiger partial charge in [0.1, 0.15) is 29.8 Å². The van der Waals surface area contributed by atoms with Crippen LogP contribution in [-0.2, 0) is 19.1 Å². The van der Waals surface area contributed by atoms with Crippen molar-refractivity contribution in [2.75, 3.05) is 20.2 Å². The number of carbonyl (C=O) groups excluding carboxylic acids is 4. The Labute approximate surface area is 376 Å². The van der Waals surface area contributed by atoms with Gasteiger partial charge in [0, 0.05) is 18.7 Å². The largest absolute Gasteiger partial charge is 0.453 e. The number of fused-ring (bicyclic) bond motifs is 2. The minimum absolute atomic E-state index is 0.126. The molecule has 15 heteroatoms. The number of aromatic amines is 2. The number of alkyl carbamates (subject to hydrolysis) is 2. The lowest BCUT2D eigenvalue weighted by Gasteiger charge is -2.30. The zero-order chi connectivity index (χ0) is 45.2. The van der Waals surface area contributed by atoms with E-state index in [-0.39, 0.29) is 35.4 Å². The Kier molecular flexibility index (Phi) is 12.4. The number of methoxy groups -OCH3 is 1. The van der Waals surface area contributed by atoms with Crippen molar-refractivity contribution in [3.05, 3.63) is 119 Å². The third-order valence-electron chi connectivity index (χ3n) is 13.1. The highest BCUT2D eigenvalue weighted by molar-refractivity contribution is 5.92. The number of benzene rings is 4. The molecule has 6 aromatic rings. The first-order valence-corrected chi connectivity index (χ1v) is 22.7. The van der Waals surface area contributed by atoms with E-state index in [4.69, 9.17) is 19.4 Å². The lowest BCUT2D eigenvalue weighted by molar-refractivity contribution is -0.136. The maximum Gasteiger partial charge on any atom is 0.408 e. The molecule has 4 amide bonds. The Balaban J connectivity index is 0.930. The van der Waals surface area contributed by atoms with Crippen molar-refractivity contribution in [3.8, 4) is 22.4 Å². The van der Waals surface area contributed by atoms with Gasteiger partial charge in [-0.05, 0) is 109 Å². The summed E-state index contributed by atoms with van der Waals surface area (Å²) < 4.78 is 10.5.